The van der Waals surface area contributed by atoms with E-state index < -0.39 is 0 Å². The normalized spacial score (nSPS) is 14.5. The number of benzene rings is 1. The molecule has 1 aliphatic carbocycles. The zero-order chi connectivity index (χ0) is 17.6. The van der Waals surface area contributed by atoms with Gasteiger partial charge in [0.15, 0.2) is 11.5 Å². The van der Waals surface area contributed by atoms with Gasteiger partial charge < -0.3 is 14.8 Å². The summed E-state index contributed by atoms with van der Waals surface area (Å²) in [5.74, 6) is 2.16. The maximum atomic E-state index is 12.3. The molecule has 0 atom stereocenters. The van der Waals surface area contributed by atoms with Crippen molar-refractivity contribution in [2.45, 2.75) is 44.6 Å². The number of methoxy groups -OCH3 is 2. The van der Waals surface area contributed by atoms with E-state index in [2.05, 4.69) is 10.4 Å². The Hall–Kier alpha value is -2.50. The van der Waals surface area contributed by atoms with Crippen molar-refractivity contribution in [3.05, 3.63) is 36.0 Å². The Morgan fingerprint density at radius 2 is 1.96 bits per heavy atom. The summed E-state index contributed by atoms with van der Waals surface area (Å²) in [7, 11) is 3.22. The molecule has 1 saturated carbocycles. The number of rotatable bonds is 7. The van der Waals surface area contributed by atoms with Gasteiger partial charge in [-0.15, -0.1) is 0 Å². The van der Waals surface area contributed by atoms with E-state index in [1.807, 2.05) is 28.9 Å². The molecule has 1 aromatic carbocycles. The first kappa shape index (κ1) is 17.3. The minimum absolute atomic E-state index is 0.00506. The average Bonchev–Trinajstić information content (AvgIpc) is 3.31. The van der Waals surface area contributed by atoms with Gasteiger partial charge in [0.1, 0.15) is 5.82 Å². The van der Waals surface area contributed by atoms with Crippen molar-refractivity contribution >= 4 is 11.7 Å². The molecule has 0 spiro atoms. The number of carbonyl (C=O) groups excluding carboxylic acids is 1. The van der Waals surface area contributed by atoms with Crippen LogP contribution < -0.4 is 14.8 Å². The molecule has 2 aromatic rings. The van der Waals surface area contributed by atoms with Crippen LogP contribution in [0.2, 0.25) is 0 Å². The first-order chi connectivity index (χ1) is 12.2. The van der Waals surface area contributed by atoms with Crippen molar-refractivity contribution in [2.75, 3.05) is 19.5 Å². The number of hydrogen-bond donors (Lipinski definition) is 1. The van der Waals surface area contributed by atoms with E-state index in [0.29, 0.717) is 30.4 Å². The molecule has 0 aliphatic heterocycles. The summed E-state index contributed by atoms with van der Waals surface area (Å²) >= 11 is 0. The molecule has 6 heteroatoms. The third kappa shape index (κ3) is 4.13. The predicted molar refractivity (Wildman–Crippen MR) is 96.2 cm³/mol. The summed E-state index contributed by atoms with van der Waals surface area (Å²) in [5, 5.41) is 7.38. The molecule has 1 N–H and O–H groups in total. The van der Waals surface area contributed by atoms with Gasteiger partial charge in [0, 0.05) is 12.5 Å². The highest BCUT2D eigenvalue weighted by molar-refractivity contribution is 5.90. The van der Waals surface area contributed by atoms with Crippen molar-refractivity contribution in [1.82, 2.24) is 9.78 Å². The fourth-order valence-electron chi connectivity index (χ4n) is 3.35. The molecule has 134 valence electrons. The van der Waals surface area contributed by atoms with Crippen LogP contribution in [0.15, 0.2) is 30.5 Å². The Morgan fingerprint density at radius 3 is 2.68 bits per heavy atom. The van der Waals surface area contributed by atoms with E-state index in [0.717, 1.165) is 24.2 Å². The number of anilines is 1. The molecular formula is C19H25N3O3. The molecule has 0 radical (unpaired) electrons. The van der Waals surface area contributed by atoms with E-state index in [4.69, 9.17) is 9.47 Å². The summed E-state index contributed by atoms with van der Waals surface area (Å²) in [5.41, 5.74) is 1.04. The van der Waals surface area contributed by atoms with E-state index >= 15 is 0 Å². The molecule has 0 unspecified atom stereocenters. The number of amides is 1. The molecule has 0 saturated heterocycles. The van der Waals surface area contributed by atoms with Crippen LogP contribution in [-0.2, 0) is 11.2 Å². The van der Waals surface area contributed by atoms with Gasteiger partial charge in [0.25, 0.3) is 0 Å². The van der Waals surface area contributed by atoms with Crippen LogP contribution in [0.3, 0.4) is 0 Å². The van der Waals surface area contributed by atoms with E-state index in [-0.39, 0.29) is 5.91 Å². The second kappa shape index (κ2) is 8.05. The number of ether oxygens (including phenoxy) is 2. The minimum atomic E-state index is -0.00506. The van der Waals surface area contributed by atoms with Crippen LogP contribution in [-0.4, -0.2) is 29.9 Å². The molecule has 1 amide bonds. The Labute approximate surface area is 148 Å². The lowest BCUT2D eigenvalue weighted by atomic mass is 10.1. The second-order valence-electron chi connectivity index (χ2n) is 6.34. The highest BCUT2D eigenvalue weighted by Crippen LogP contribution is 2.31. The van der Waals surface area contributed by atoms with Gasteiger partial charge in [-0.25, -0.2) is 4.68 Å². The topological polar surface area (TPSA) is 65.4 Å². The Morgan fingerprint density at radius 1 is 1.20 bits per heavy atom. The van der Waals surface area contributed by atoms with Crippen molar-refractivity contribution in [3.63, 3.8) is 0 Å². The van der Waals surface area contributed by atoms with Crippen LogP contribution in [0.4, 0.5) is 5.82 Å². The molecule has 1 fully saturated rings. The van der Waals surface area contributed by atoms with Gasteiger partial charge in [-0.3, -0.25) is 4.79 Å². The number of aryl methyl sites for hydroxylation is 1. The maximum Gasteiger partial charge on any atom is 0.225 e. The highest BCUT2D eigenvalue weighted by atomic mass is 16.5. The van der Waals surface area contributed by atoms with Gasteiger partial charge in [-0.2, -0.15) is 5.10 Å². The van der Waals surface area contributed by atoms with Gasteiger partial charge in [0.2, 0.25) is 5.91 Å². The molecule has 25 heavy (non-hydrogen) atoms. The SMILES string of the molecule is COc1ccc(CCC(=O)Nc2ccnn2C2CCCC2)cc1OC. The smallest absolute Gasteiger partial charge is 0.225 e. The summed E-state index contributed by atoms with van der Waals surface area (Å²) < 4.78 is 12.5. The molecule has 0 bridgehead atoms. The number of aromatic nitrogens is 2. The standard InChI is InChI=1S/C19H25N3O3/c1-24-16-9-7-14(13-17(16)25-2)8-10-19(23)21-18-11-12-20-22(18)15-5-3-4-6-15/h7,9,11-13,15H,3-6,8,10H2,1-2H3,(H,21,23). The van der Waals surface area contributed by atoms with E-state index in [1.165, 1.54) is 12.8 Å². The van der Waals surface area contributed by atoms with E-state index in [9.17, 15) is 4.79 Å². The number of carbonyl (C=O) groups is 1. The second-order valence-corrected chi connectivity index (χ2v) is 6.34. The Balaban J connectivity index is 1.58. The predicted octanol–water partition coefficient (Wildman–Crippen LogP) is 3.59. The lowest BCUT2D eigenvalue weighted by Gasteiger charge is -2.14. The Bertz CT molecular complexity index is 720. The fraction of sp³-hybridized carbons (Fsp3) is 0.474. The Kier molecular flexibility index (Phi) is 5.58. The van der Waals surface area contributed by atoms with Crippen molar-refractivity contribution in [1.29, 1.82) is 0 Å². The number of nitrogens with zero attached hydrogens (tertiary/aromatic N) is 2. The van der Waals surface area contributed by atoms with Gasteiger partial charge in [-0.1, -0.05) is 18.9 Å². The minimum Gasteiger partial charge on any atom is -0.493 e. The lowest BCUT2D eigenvalue weighted by Crippen LogP contribution is -2.18. The first-order valence-electron chi connectivity index (χ1n) is 8.75. The quantitative estimate of drug-likeness (QED) is 0.834. The molecule has 1 heterocycles. The zero-order valence-corrected chi connectivity index (χ0v) is 14.8. The largest absolute Gasteiger partial charge is 0.493 e. The number of nitrogens with one attached hydrogen (secondary N) is 1. The van der Waals surface area contributed by atoms with Crippen LogP contribution in [0.5, 0.6) is 11.5 Å². The summed E-state index contributed by atoms with van der Waals surface area (Å²) in [6.45, 7) is 0. The summed E-state index contributed by atoms with van der Waals surface area (Å²) in [4.78, 5) is 12.3. The van der Waals surface area contributed by atoms with Crippen molar-refractivity contribution in [2.24, 2.45) is 0 Å². The zero-order valence-electron chi connectivity index (χ0n) is 14.8. The summed E-state index contributed by atoms with van der Waals surface area (Å²) in [6.07, 6.45) is 7.54. The highest BCUT2D eigenvalue weighted by Gasteiger charge is 2.20. The van der Waals surface area contributed by atoms with Gasteiger partial charge >= 0.3 is 0 Å². The summed E-state index contributed by atoms with van der Waals surface area (Å²) in [6, 6.07) is 8.01. The van der Waals surface area contributed by atoms with Gasteiger partial charge in [-0.05, 0) is 37.0 Å². The number of hydrogen-bond acceptors (Lipinski definition) is 4. The van der Waals surface area contributed by atoms with Crippen LogP contribution in [0.25, 0.3) is 0 Å². The van der Waals surface area contributed by atoms with Crippen LogP contribution in [0.1, 0.15) is 43.7 Å². The lowest BCUT2D eigenvalue weighted by molar-refractivity contribution is -0.116. The fourth-order valence-corrected chi connectivity index (χ4v) is 3.35. The third-order valence-corrected chi connectivity index (χ3v) is 4.70. The van der Waals surface area contributed by atoms with Crippen molar-refractivity contribution in [3.8, 4) is 11.5 Å². The average molecular weight is 343 g/mol. The molecule has 6 nitrogen and oxygen atoms in total. The van der Waals surface area contributed by atoms with Crippen molar-refractivity contribution < 1.29 is 14.3 Å². The van der Waals surface area contributed by atoms with Crippen LogP contribution in [0, 0.1) is 0 Å². The molecule has 1 aliphatic rings. The molecule has 1 aromatic heterocycles. The first-order valence-corrected chi connectivity index (χ1v) is 8.75. The third-order valence-electron chi connectivity index (χ3n) is 4.70. The monoisotopic (exact) mass is 343 g/mol. The van der Waals surface area contributed by atoms with E-state index in [1.54, 1.807) is 20.4 Å². The molecular weight excluding hydrogens is 318 g/mol. The maximum absolute atomic E-state index is 12.3. The van der Waals surface area contributed by atoms with Gasteiger partial charge in [0.05, 0.1) is 26.5 Å². The molecule has 3 rings (SSSR count). The van der Waals surface area contributed by atoms with Crippen LogP contribution >= 0.6 is 0 Å².